The van der Waals surface area contributed by atoms with Gasteiger partial charge < -0.3 is 15.7 Å². The normalized spacial score (nSPS) is 11.0. The summed E-state index contributed by atoms with van der Waals surface area (Å²) in [6.45, 7) is 6.00. The molecule has 96 valence electrons. The van der Waals surface area contributed by atoms with Crippen LogP contribution in [0.25, 0.3) is 0 Å². The Bertz CT molecular complexity index is 196. The molecule has 16 heavy (non-hydrogen) atoms. The van der Waals surface area contributed by atoms with Crippen LogP contribution in [0.1, 0.15) is 40.0 Å². The summed E-state index contributed by atoms with van der Waals surface area (Å²) in [5, 5.41) is 13.5. The predicted octanol–water partition coefficient (Wildman–Crippen LogP) is 1.63. The summed E-state index contributed by atoms with van der Waals surface area (Å²) in [7, 11) is 1.75. The van der Waals surface area contributed by atoms with Gasteiger partial charge in [-0.2, -0.15) is 0 Å². The highest BCUT2D eigenvalue weighted by molar-refractivity contribution is 5.81. The van der Waals surface area contributed by atoms with E-state index in [1.165, 1.54) is 0 Å². The molecule has 0 fully saturated rings. The van der Waals surface area contributed by atoms with Gasteiger partial charge in [0, 0.05) is 6.54 Å². The maximum absolute atomic E-state index is 11.0. The van der Waals surface area contributed by atoms with Crippen LogP contribution in [0.3, 0.4) is 0 Å². The Morgan fingerprint density at radius 3 is 2.19 bits per heavy atom. The van der Waals surface area contributed by atoms with Crippen LogP contribution in [0.15, 0.2) is 0 Å². The SMILES string of the molecule is CC.CNC(CCCCNC(=O)O)C(C)=O. The fourth-order valence-corrected chi connectivity index (χ4v) is 1.22. The number of carbonyl (C=O) groups excluding carboxylic acids is 1. The van der Waals surface area contributed by atoms with Crippen molar-refractivity contribution >= 4 is 11.9 Å². The van der Waals surface area contributed by atoms with Crippen LogP contribution in [-0.4, -0.2) is 36.6 Å². The first kappa shape index (κ1) is 17.3. The third-order valence-electron chi connectivity index (χ3n) is 2.03. The minimum atomic E-state index is -0.998. The van der Waals surface area contributed by atoms with E-state index < -0.39 is 6.09 Å². The van der Waals surface area contributed by atoms with Gasteiger partial charge in [-0.05, 0) is 33.2 Å². The molecule has 1 amide bonds. The van der Waals surface area contributed by atoms with Crippen LogP contribution >= 0.6 is 0 Å². The minimum absolute atomic E-state index is 0.0974. The zero-order chi connectivity index (χ0) is 13.0. The van der Waals surface area contributed by atoms with Gasteiger partial charge in [-0.3, -0.25) is 4.79 Å². The summed E-state index contributed by atoms with van der Waals surface area (Å²) < 4.78 is 0. The molecule has 0 aliphatic carbocycles. The van der Waals surface area contributed by atoms with E-state index in [1.54, 1.807) is 14.0 Å². The van der Waals surface area contributed by atoms with Crippen LogP contribution in [-0.2, 0) is 4.79 Å². The largest absolute Gasteiger partial charge is 0.465 e. The van der Waals surface area contributed by atoms with E-state index >= 15 is 0 Å². The smallest absolute Gasteiger partial charge is 0.404 e. The Labute approximate surface area is 97.6 Å². The zero-order valence-corrected chi connectivity index (χ0v) is 10.7. The topological polar surface area (TPSA) is 78.4 Å². The van der Waals surface area contributed by atoms with E-state index in [9.17, 15) is 9.59 Å². The van der Waals surface area contributed by atoms with E-state index in [0.29, 0.717) is 6.54 Å². The molecule has 0 heterocycles. The summed E-state index contributed by atoms with van der Waals surface area (Å²) in [6, 6.07) is -0.0974. The third kappa shape index (κ3) is 11.0. The number of carboxylic acid groups (broad SMARTS) is 1. The van der Waals surface area contributed by atoms with Gasteiger partial charge in [0.05, 0.1) is 6.04 Å². The molecule has 0 aromatic rings. The van der Waals surface area contributed by atoms with Crippen molar-refractivity contribution in [3.63, 3.8) is 0 Å². The number of ketones is 1. The van der Waals surface area contributed by atoms with Crippen molar-refractivity contribution in [1.82, 2.24) is 10.6 Å². The average Bonchev–Trinajstić information content (AvgIpc) is 2.25. The van der Waals surface area contributed by atoms with E-state index in [-0.39, 0.29) is 11.8 Å². The second-order valence-electron chi connectivity index (χ2n) is 3.18. The van der Waals surface area contributed by atoms with Crippen LogP contribution in [0, 0.1) is 0 Å². The number of Topliss-reactive ketones (excluding diaryl/α,β-unsaturated/α-hetero) is 1. The van der Waals surface area contributed by atoms with Crippen LogP contribution in [0.2, 0.25) is 0 Å². The molecule has 0 spiro atoms. The number of likely N-dealkylation sites (N-methyl/N-ethyl adjacent to an activating group) is 1. The molecule has 0 aliphatic heterocycles. The first-order chi connectivity index (χ1) is 7.57. The van der Waals surface area contributed by atoms with Crippen molar-refractivity contribution in [1.29, 1.82) is 0 Å². The molecule has 0 saturated carbocycles. The Balaban J connectivity index is 0. The standard InChI is InChI=1S/C9H18N2O3.C2H6/c1-7(12)8(10-2)5-3-4-6-11-9(13)14;1-2/h8,10-11H,3-6H2,1-2H3,(H,13,14);1-2H3. The second kappa shape index (κ2) is 12.0. The molecule has 3 N–H and O–H groups in total. The lowest BCUT2D eigenvalue weighted by Crippen LogP contribution is -2.32. The molecule has 0 saturated heterocycles. The summed E-state index contributed by atoms with van der Waals surface area (Å²) in [6.07, 6.45) is 1.36. The molecule has 1 unspecified atom stereocenters. The molecule has 0 aromatic carbocycles. The van der Waals surface area contributed by atoms with Gasteiger partial charge in [-0.15, -0.1) is 0 Å². The number of amides is 1. The zero-order valence-electron chi connectivity index (χ0n) is 10.7. The molecular formula is C11H24N2O3. The van der Waals surface area contributed by atoms with E-state index in [4.69, 9.17) is 5.11 Å². The van der Waals surface area contributed by atoms with Gasteiger partial charge in [0.25, 0.3) is 0 Å². The summed E-state index contributed by atoms with van der Waals surface area (Å²) in [4.78, 5) is 21.1. The molecule has 0 bridgehead atoms. The first-order valence-corrected chi connectivity index (χ1v) is 5.72. The molecule has 0 rings (SSSR count). The van der Waals surface area contributed by atoms with Gasteiger partial charge in [0.15, 0.2) is 0 Å². The highest BCUT2D eigenvalue weighted by atomic mass is 16.4. The maximum atomic E-state index is 11.0. The van der Waals surface area contributed by atoms with E-state index in [0.717, 1.165) is 19.3 Å². The van der Waals surface area contributed by atoms with Crippen LogP contribution in [0.5, 0.6) is 0 Å². The van der Waals surface area contributed by atoms with Crippen molar-refractivity contribution in [2.24, 2.45) is 0 Å². The lowest BCUT2D eigenvalue weighted by atomic mass is 10.1. The van der Waals surface area contributed by atoms with Gasteiger partial charge in [0.1, 0.15) is 5.78 Å². The Kier molecular flexibility index (Phi) is 12.9. The van der Waals surface area contributed by atoms with Crippen LogP contribution < -0.4 is 10.6 Å². The fourth-order valence-electron chi connectivity index (χ4n) is 1.22. The van der Waals surface area contributed by atoms with Crippen molar-refractivity contribution in [2.45, 2.75) is 46.1 Å². The minimum Gasteiger partial charge on any atom is -0.465 e. The first-order valence-electron chi connectivity index (χ1n) is 5.72. The third-order valence-corrected chi connectivity index (χ3v) is 2.03. The summed E-state index contributed by atoms with van der Waals surface area (Å²) in [5.74, 6) is 0.124. The van der Waals surface area contributed by atoms with Crippen molar-refractivity contribution < 1.29 is 14.7 Å². The van der Waals surface area contributed by atoms with Gasteiger partial charge in [0.2, 0.25) is 0 Å². The Hall–Kier alpha value is -1.10. The average molecular weight is 232 g/mol. The van der Waals surface area contributed by atoms with E-state index in [1.807, 2.05) is 13.8 Å². The summed E-state index contributed by atoms with van der Waals surface area (Å²) in [5.41, 5.74) is 0. The number of nitrogens with one attached hydrogen (secondary N) is 2. The fraction of sp³-hybridized carbons (Fsp3) is 0.818. The lowest BCUT2D eigenvalue weighted by molar-refractivity contribution is -0.119. The number of hydrogen-bond donors (Lipinski definition) is 3. The molecule has 0 aliphatic rings. The highest BCUT2D eigenvalue weighted by Crippen LogP contribution is 2.00. The van der Waals surface area contributed by atoms with Gasteiger partial charge in [-0.1, -0.05) is 13.8 Å². The molecule has 5 nitrogen and oxygen atoms in total. The number of hydrogen-bond acceptors (Lipinski definition) is 3. The van der Waals surface area contributed by atoms with E-state index in [2.05, 4.69) is 10.6 Å². The molecule has 0 aromatic heterocycles. The van der Waals surface area contributed by atoms with Crippen molar-refractivity contribution in [3.05, 3.63) is 0 Å². The second-order valence-corrected chi connectivity index (χ2v) is 3.18. The number of unbranched alkanes of at least 4 members (excludes halogenated alkanes) is 1. The Morgan fingerprint density at radius 2 is 1.81 bits per heavy atom. The quantitative estimate of drug-likeness (QED) is 0.583. The molecule has 1 atom stereocenters. The van der Waals surface area contributed by atoms with Gasteiger partial charge >= 0.3 is 6.09 Å². The summed E-state index contributed by atoms with van der Waals surface area (Å²) >= 11 is 0. The monoisotopic (exact) mass is 232 g/mol. The number of carbonyl (C=O) groups is 2. The Morgan fingerprint density at radius 1 is 1.25 bits per heavy atom. The predicted molar refractivity (Wildman–Crippen MR) is 64.8 cm³/mol. The molecule has 5 heteroatoms. The van der Waals surface area contributed by atoms with Crippen LogP contribution in [0.4, 0.5) is 4.79 Å². The van der Waals surface area contributed by atoms with Gasteiger partial charge in [-0.25, -0.2) is 4.79 Å². The molecular weight excluding hydrogens is 208 g/mol. The van der Waals surface area contributed by atoms with Crippen molar-refractivity contribution in [3.8, 4) is 0 Å². The lowest BCUT2D eigenvalue weighted by Gasteiger charge is -2.11. The molecule has 0 radical (unpaired) electrons. The highest BCUT2D eigenvalue weighted by Gasteiger charge is 2.09. The van der Waals surface area contributed by atoms with Crippen molar-refractivity contribution in [2.75, 3.05) is 13.6 Å². The number of rotatable bonds is 7. The maximum Gasteiger partial charge on any atom is 0.404 e.